The zero-order valence-corrected chi connectivity index (χ0v) is 15.5. The lowest BCUT2D eigenvalue weighted by atomic mass is 10.1. The van der Waals surface area contributed by atoms with E-state index in [-0.39, 0.29) is 11.8 Å². The molecule has 7 heteroatoms. The zero-order valence-electron chi connectivity index (χ0n) is 15.5. The molecule has 0 aliphatic heterocycles. The molecule has 2 heterocycles. The molecule has 0 saturated heterocycles. The van der Waals surface area contributed by atoms with Crippen molar-refractivity contribution >= 4 is 5.91 Å². The molecule has 0 aliphatic carbocycles. The number of rotatable bonds is 6. The summed E-state index contributed by atoms with van der Waals surface area (Å²) in [6, 6.07) is 9.36. The minimum Gasteiger partial charge on any atom is -0.420 e. The Balaban J connectivity index is 1.93. The Morgan fingerprint density at radius 3 is 2.54 bits per heavy atom. The molecule has 0 radical (unpaired) electrons. The molecule has 3 rings (SSSR count). The van der Waals surface area contributed by atoms with Crippen LogP contribution in [0.15, 0.2) is 34.7 Å². The molecule has 0 saturated carbocycles. The highest BCUT2D eigenvalue weighted by Crippen LogP contribution is 2.25. The van der Waals surface area contributed by atoms with Gasteiger partial charge in [0.2, 0.25) is 5.89 Å². The maximum Gasteiger partial charge on any atom is 0.268 e. The van der Waals surface area contributed by atoms with E-state index in [2.05, 4.69) is 34.5 Å². The lowest BCUT2D eigenvalue weighted by Gasteiger charge is -2.10. The number of hydrogen-bond donors (Lipinski definition) is 1. The molecule has 0 fully saturated rings. The van der Waals surface area contributed by atoms with Crippen LogP contribution < -0.4 is 5.32 Å². The number of amides is 1. The molecule has 1 amide bonds. The van der Waals surface area contributed by atoms with Crippen LogP contribution in [0.2, 0.25) is 0 Å². The normalized spacial score (nSPS) is 11.1. The van der Waals surface area contributed by atoms with E-state index < -0.39 is 0 Å². The van der Waals surface area contributed by atoms with Crippen molar-refractivity contribution in [3.05, 3.63) is 47.5 Å². The molecule has 1 N–H and O–H groups in total. The van der Waals surface area contributed by atoms with E-state index in [1.165, 1.54) is 0 Å². The Morgan fingerprint density at radius 1 is 1.23 bits per heavy atom. The van der Waals surface area contributed by atoms with E-state index in [0.29, 0.717) is 29.6 Å². The quantitative estimate of drug-likeness (QED) is 0.733. The van der Waals surface area contributed by atoms with Crippen LogP contribution >= 0.6 is 0 Å². The molecule has 0 unspecified atom stereocenters. The van der Waals surface area contributed by atoms with Crippen LogP contribution in [0, 0.1) is 6.92 Å². The Kier molecular flexibility index (Phi) is 5.16. The van der Waals surface area contributed by atoms with Gasteiger partial charge in [0.05, 0.1) is 5.69 Å². The summed E-state index contributed by atoms with van der Waals surface area (Å²) in [5, 5.41) is 15.4. The fourth-order valence-corrected chi connectivity index (χ4v) is 2.61. The van der Waals surface area contributed by atoms with Gasteiger partial charge in [0.25, 0.3) is 11.8 Å². The second-order valence-electron chi connectivity index (χ2n) is 6.45. The summed E-state index contributed by atoms with van der Waals surface area (Å²) in [4.78, 5) is 12.1. The van der Waals surface area contributed by atoms with Crippen LogP contribution in [0.1, 0.15) is 55.1 Å². The predicted octanol–water partition coefficient (Wildman–Crippen LogP) is 3.49. The molecule has 0 atom stereocenters. The molecule has 0 aliphatic rings. The number of aryl methyl sites for hydroxylation is 1. The molecule has 2 aromatic heterocycles. The van der Waals surface area contributed by atoms with Crippen LogP contribution in [-0.4, -0.2) is 32.4 Å². The largest absolute Gasteiger partial charge is 0.420 e. The topological polar surface area (TPSA) is 85.8 Å². The van der Waals surface area contributed by atoms with Crippen LogP contribution in [0.4, 0.5) is 0 Å². The van der Waals surface area contributed by atoms with Gasteiger partial charge in [0, 0.05) is 24.7 Å². The first-order valence-corrected chi connectivity index (χ1v) is 8.78. The number of carbonyl (C=O) groups excluding carboxylic acids is 1. The summed E-state index contributed by atoms with van der Waals surface area (Å²) in [7, 11) is 0. The summed E-state index contributed by atoms with van der Waals surface area (Å²) in [5.74, 6) is 1.10. The minimum absolute atomic E-state index is 0.0648. The van der Waals surface area contributed by atoms with E-state index in [1.54, 1.807) is 6.92 Å². The summed E-state index contributed by atoms with van der Waals surface area (Å²) in [6.45, 7) is 8.65. The minimum atomic E-state index is -0.0648. The van der Waals surface area contributed by atoms with E-state index in [4.69, 9.17) is 4.42 Å². The van der Waals surface area contributed by atoms with Gasteiger partial charge in [0.15, 0.2) is 0 Å². The smallest absolute Gasteiger partial charge is 0.268 e. The summed E-state index contributed by atoms with van der Waals surface area (Å²) >= 11 is 0. The molecule has 0 bridgehead atoms. The summed E-state index contributed by atoms with van der Waals surface area (Å²) < 4.78 is 7.35. The SMILES string of the molecule is CCCNC(=O)c1ccc(-n2nc(-c3nnc(C)o3)cc2C(C)C)cc1. The summed E-state index contributed by atoms with van der Waals surface area (Å²) in [5.41, 5.74) is 3.18. The van der Waals surface area contributed by atoms with Gasteiger partial charge in [-0.25, -0.2) is 4.68 Å². The van der Waals surface area contributed by atoms with Gasteiger partial charge in [-0.05, 0) is 42.7 Å². The third-order valence-corrected chi connectivity index (χ3v) is 3.98. The van der Waals surface area contributed by atoms with Crippen molar-refractivity contribution in [3.63, 3.8) is 0 Å². The van der Waals surface area contributed by atoms with Crippen molar-refractivity contribution in [1.82, 2.24) is 25.3 Å². The van der Waals surface area contributed by atoms with Crippen LogP contribution in [0.3, 0.4) is 0 Å². The average Bonchev–Trinajstić information content (AvgIpc) is 3.26. The molecule has 3 aromatic rings. The second kappa shape index (κ2) is 7.51. The Bertz CT molecular complexity index is 893. The van der Waals surface area contributed by atoms with Crippen molar-refractivity contribution in [2.24, 2.45) is 0 Å². The maximum absolute atomic E-state index is 12.1. The highest BCUT2D eigenvalue weighted by atomic mass is 16.4. The second-order valence-corrected chi connectivity index (χ2v) is 6.45. The van der Waals surface area contributed by atoms with Crippen LogP contribution in [-0.2, 0) is 0 Å². The first-order chi connectivity index (χ1) is 12.5. The molecule has 1 aromatic carbocycles. The number of aromatic nitrogens is 4. The van der Waals surface area contributed by atoms with Gasteiger partial charge >= 0.3 is 0 Å². The average molecular weight is 353 g/mol. The lowest BCUT2D eigenvalue weighted by Crippen LogP contribution is -2.23. The highest BCUT2D eigenvalue weighted by molar-refractivity contribution is 5.94. The van der Waals surface area contributed by atoms with Gasteiger partial charge in [-0.1, -0.05) is 20.8 Å². The lowest BCUT2D eigenvalue weighted by molar-refractivity contribution is 0.0953. The number of nitrogens with one attached hydrogen (secondary N) is 1. The maximum atomic E-state index is 12.1. The Labute approximate surface area is 152 Å². The summed E-state index contributed by atoms with van der Waals surface area (Å²) in [6.07, 6.45) is 0.910. The Morgan fingerprint density at radius 2 is 1.96 bits per heavy atom. The number of hydrogen-bond acceptors (Lipinski definition) is 5. The van der Waals surface area contributed by atoms with Crippen LogP contribution in [0.5, 0.6) is 0 Å². The molecule has 0 spiro atoms. The first-order valence-electron chi connectivity index (χ1n) is 8.78. The monoisotopic (exact) mass is 353 g/mol. The third kappa shape index (κ3) is 3.66. The van der Waals surface area contributed by atoms with Gasteiger partial charge in [0.1, 0.15) is 5.69 Å². The highest BCUT2D eigenvalue weighted by Gasteiger charge is 2.17. The van der Waals surface area contributed by atoms with Crippen molar-refractivity contribution < 1.29 is 9.21 Å². The standard InChI is InChI=1S/C19H23N5O2/c1-5-10-20-18(25)14-6-8-15(9-7-14)24-17(12(2)3)11-16(23-24)19-22-21-13(4)26-19/h6-9,11-12H,5,10H2,1-4H3,(H,20,25). The molecular formula is C19H23N5O2. The third-order valence-electron chi connectivity index (χ3n) is 3.98. The van der Waals surface area contributed by atoms with Gasteiger partial charge < -0.3 is 9.73 Å². The molecule has 26 heavy (non-hydrogen) atoms. The van der Waals surface area contributed by atoms with E-state index >= 15 is 0 Å². The number of nitrogens with zero attached hydrogens (tertiary/aromatic N) is 4. The van der Waals surface area contributed by atoms with Crippen molar-refractivity contribution in [2.45, 2.75) is 40.0 Å². The van der Waals surface area contributed by atoms with Gasteiger partial charge in [-0.3, -0.25) is 4.79 Å². The fourth-order valence-electron chi connectivity index (χ4n) is 2.61. The predicted molar refractivity (Wildman–Crippen MR) is 98.3 cm³/mol. The molecule has 7 nitrogen and oxygen atoms in total. The van der Waals surface area contributed by atoms with Gasteiger partial charge in [-0.2, -0.15) is 5.10 Å². The van der Waals surface area contributed by atoms with Crippen LogP contribution in [0.25, 0.3) is 17.3 Å². The number of carbonyl (C=O) groups is 1. The molecular weight excluding hydrogens is 330 g/mol. The zero-order chi connectivity index (χ0) is 18.7. The first kappa shape index (κ1) is 17.8. The van der Waals surface area contributed by atoms with E-state index in [0.717, 1.165) is 17.8 Å². The van der Waals surface area contributed by atoms with E-state index in [9.17, 15) is 4.79 Å². The van der Waals surface area contributed by atoms with Crippen molar-refractivity contribution in [2.75, 3.05) is 6.54 Å². The number of benzene rings is 1. The Hall–Kier alpha value is -2.96. The van der Waals surface area contributed by atoms with Crippen molar-refractivity contribution in [3.8, 4) is 17.3 Å². The van der Waals surface area contributed by atoms with E-state index in [1.807, 2.05) is 41.9 Å². The fraction of sp³-hybridized carbons (Fsp3) is 0.368. The van der Waals surface area contributed by atoms with Gasteiger partial charge in [-0.15, -0.1) is 10.2 Å². The molecule has 136 valence electrons. The van der Waals surface area contributed by atoms with Crippen molar-refractivity contribution in [1.29, 1.82) is 0 Å².